The first-order valence-corrected chi connectivity index (χ1v) is 9.12. The summed E-state index contributed by atoms with van der Waals surface area (Å²) in [6.07, 6.45) is 1.42. The van der Waals surface area contributed by atoms with Crippen LogP contribution in [-0.2, 0) is 9.31 Å². The van der Waals surface area contributed by atoms with Gasteiger partial charge in [0.2, 0.25) is 0 Å². The summed E-state index contributed by atoms with van der Waals surface area (Å²) < 4.78 is 17.3. The maximum absolute atomic E-state index is 5.89. The smallest absolute Gasteiger partial charge is 0.351 e. The van der Waals surface area contributed by atoms with Crippen LogP contribution in [0.3, 0.4) is 0 Å². The highest BCUT2D eigenvalue weighted by atomic mass is 16.5. The van der Waals surface area contributed by atoms with Gasteiger partial charge in [0.25, 0.3) is 0 Å². The molecule has 0 saturated heterocycles. The van der Waals surface area contributed by atoms with Gasteiger partial charge in [0.05, 0.1) is 11.9 Å². The summed E-state index contributed by atoms with van der Waals surface area (Å²) >= 11 is 0. The molecule has 1 aromatic heterocycles. The molecule has 0 aliphatic rings. The van der Waals surface area contributed by atoms with Gasteiger partial charge in [-0.1, -0.05) is 36.4 Å². The Bertz CT molecular complexity index is 733. The van der Waals surface area contributed by atoms with Crippen LogP contribution in [0.15, 0.2) is 77.4 Å². The highest BCUT2D eigenvalue weighted by Crippen LogP contribution is 2.08. The van der Waals surface area contributed by atoms with E-state index in [1.807, 2.05) is 80.6 Å². The van der Waals surface area contributed by atoms with Gasteiger partial charge < -0.3 is 24.4 Å². The fourth-order valence-electron chi connectivity index (χ4n) is 2.66. The SMILES string of the molecule is CC(Nc1ccccc1)OBc1ccoc1BOC(C)Nc1ccccc1. The highest BCUT2D eigenvalue weighted by Gasteiger charge is 2.14. The van der Waals surface area contributed by atoms with Crippen molar-refractivity contribution in [3.8, 4) is 0 Å². The lowest BCUT2D eigenvalue weighted by Gasteiger charge is -2.17. The van der Waals surface area contributed by atoms with Crippen LogP contribution in [0.4, 0.5) is 11.4 Å². The summed E-state index contributed by atoms with van der Waals surface area (Å²) in [4.78, 5) is 0. The number of hydrogen-bond acceptors (Lipinski definition) is 5. The molecule has 3 aromatic rings. The summed E-state index contributed by atoms with van der Waals surface area (Å²) in [6, 6.07) is 21.9. The van der Waals surface area contributed by atoms with Gasteiger partial charge in [0.1, 0.15) is 12.5 Å². The molecule has 138 valence electrons. The second-order valence-corrected chi connectivity index (χ2v) is 6.30. The summed E-state index contributed by atoms with van der Waals surface area (Å²) in [7, 11) is 0.837. The van der Waals surface area contributed by atoms with Crippen LogP contribution >= 0.6 is 0 Å². The van der Waals surface area contributed by atoms with Gasteiger partial charge in [0, 0.05) is 11.4 Å². The van der Waals surface area contributed by atoms with E-state index in [1.54, 1.807) is 6.26 Å². The molecule has 1 heterocycles. The molecule has 0 amide bonds. The van der Waals surface area contributed by atoms with E-state index in [0.29, 0.717) is 15.0 Å². The van der Waals surface area contributed by atoms with Crippen LogP contribution in [-0.4, -0.2) is 27.4 Å². The Hall–Kier alpha value is -2.63. The van der Waals surface area contributed by atoms with E-state index in [2.05, 4.69) is 10.6 Å². The molecule has 2 N–H and O–H groups in total. The molecule has 0 spiro atoms. The molecule has 7 heteroatoms. The first-order valence-electron chi connectivity index (χ1n) is 9.12. The molecule has 0 aliphatic carbocycles. The molecule has 2 atom stereocenters. The second kappa shape index (κ2) is 9.90. The zero-order chi connectivity index (χ0) is 18.9. The third-order valence-electron chi connectivity index (χ3n) is 4.08. The number of para-hydroxylation sites is 2. The topological polar surface area (TPSA) is 55.7 Å². The molecule has 27 heavy (non-hydrogen) atoms. The Morgan fingerprint density at radius 1 is 0.741 bits per heavy atom. The first kappa shape index (κ1) is 19.1. The fourth-order valence-corrected chi connectivity index (χ4v) is 2.66. The van der Waals surface area contributed by atoms with Crippen molar-refractivity contribution in [2.45, 2.75) is 26.3 Å². The van der Waals surface area contributed by atoms with Crippen molar-refractivity contribution in [2.24, 2.45) is 0 Å². The molecule has 2 aromatic carbocycles. The molecular formula is C20H24B2N2O3. The zero-order valence-electron chi connectivity index (χ0n) is 15.7. The predicted octanol–water partition coefficient (Wildman–Crippen LogP) is 2.18. The largest absolute Gasteiger partial charge is 0.477 e. The summed E-state index contributed by atoms with van der Waals surface area (Å²) in [5, 5.41) is 6.60. The van der Waals surface area contributed by atoms with Gasteiger partial charge in [-0.2, -0.15) is 0 Å². The fraction of sp³-hybridized carbons (Fsp3) is 0.200. The predicted molar refractivity (Wildman–Crippen MR) is 113 cm³/mol. The van der Waals surface area contributed by atoms with Crippen LogP contribution in [0, 0.1) is 0 Å². The summed E-state index contributed by atoms with van der Waals surface area (Å²) in [5.41, 5.74) is 3.82. The molecule has 0 aliphatic heterocycles. The van der Waals surface area contributed by atoms with Crippen LogP contribution < -0.4 is 21.8 Å². The number of anilines is 2. The minimum absolute atomic E-state index is 0.116. The average molecular weight is 362 g/mol. The van der Waals surface area contributed by atoms with E-state index in [0.717, 1.165) is 22.5 Å². The van der Waals surface area contributed by atoms with Crippen LogP contribution in [0.2, 0.25) is 0 Å². The quantitative estimate of drug-likeness (QED) is 0.428. The second-order valence-electron chi connectivity index (χ2n) is 6.30. The Balaban J connectivity index is 1.44. The molecular weight excluding hydrogens is 338 g/mol. The molecule has 3 rings (SSSR count). The van der Waals surface area contributed by atoms with E-state index < -0.39 is 0 Å². The Labute approximate surface area is 161 Å². The van der Waals surface area contributed by atoms with Gasteiger partial charge >= 0.3 is 15.0 Å². The van der Waals surface area contributed by atoms with Gasteiger partial charge in [-0.3, -0.25) is 0 Å². The Kier molecular flexibility index (Phi) is 7.02. The number of benzene rings is 2. The number of furan rings is 1. The number of hydrogen-bond donors (Lipinski definition) is 2. The molecule has 0 bridgehead atoms. The zero-order valence-corrected chi connectivity index (χ0v) is 15.7. The number of nitrogens with one attached hydrogen (secondary N) is 2. The molecule has 0 fully saturated rings. The standard InChI is InChI=1S/C20H24B2N2O3/c1-15(23-17-9-5-3-6-10-17)26-21-19-13-14-25-20(19)22-27-16(2)24-18-11-7-4-8-12-18/h3-16,21-24H,1-2H3. The van der Waals surface area contributed by atoms with Crippen molar-refractivity contribution >= 4 is 37.5 Å². The van der Waals surface area contributed by atoms with Gasteiger partial charge in [-0.25, -0.2) is 0 Å². The van der Waals surface area contributed by atoms with Crippen molar-refractivity contribution < 1.29 is 13.7 Å². The summed E-state index contributed by atoms with van der Waals surface area (Å²) in [6.45, 7) is 3.95. The lowest BCUT2D eigenvalue weighted by molar-refractivity contribution is 0.265. The van der Waals surface area contributed by atoms with Crippen molar-refractivity contribution in [1.82, 2.24) is 0 Å². The maximum atomic E-state index is 5.89. The van der Waals surface area contributed by atoms with Crippen molar-refractivity contribution in [2.75, 3.05) is 10.6 Å². The minimum atomic E-state index is -0.134. The van der Waals surface area contributed by atoms with E-state index in [4.69, 9.17) is 13.7 Å². The number of rotatable bonds is 10. The van der Waals surface area contributed by atoms with E-state index in [9.17, 15) is 0 Å². The highest BCUT2D eigenvalue weighted by molar-refractivity contribution is 6.59. The van der Waals surface area contributed by atoms with Gasteiger partial charge in [-0.15, -0.1) is 0 Å². The minimum Gasteiger partial charge on any atom is -0.477 e. The first-order chi connectivity index (χ1) is 13.2. The van der Waals surface area contributed by atoms with Crippen molar-refractivity contribution in [3.63, 3.8) is 0 Å². The molecule has 0 saturated carbocycles. The van der Waals surface area contributed by atoms with Crippen molar-refractivity contribution in [3.05, 3.63) is 73.0 Å². The monoisotopic (exact) mass is 362 g/mol. The van der Waals surface area contributed by atoms with Crippen LogP contribution in [0.5, 0.6) is 0 Å². The molecule has 0 radical (unpaired) electrons. The molecule has 5 nitrogen and oxygen atoms in total. The van der Waals surface area contributed by atoms with E-state index in [-0.39, 0.29) is 12.5 Å². The maximum Gasteiger partial charge on any atom is 0.351 e. The van der Waals surface area contributed by atoms with Crippen molar-refractivity contribution in [1.29, 1.82) is 0 Å². The van der Waals surface area contributed by atoms with Crippen LogP contribution in [0.1, 0.15) is 13.8 Å². The Morgan fingerprint density at radius 3 is 1.81 bits per heavy atom. The lowest BCUT2D eigenvalue weighted by Crippen LogP contribution is -2.39. The Morgan fingerprint density at radius 2 is 1.26 bits per heavy atom. The third-order valence-corrected chi connectivity index (χ3v) is 4.08. The average Bonchev–Trinajstić information content (AvgIpc) is 3.14. The third kappa shape index (κ3) is 6.24. The van der Waals surface area contributed by atoms with E-state index >= 15 is 0 Å². The normalized spacial score (nSPS) is 12.8. The lowest BCUT2D eigenvalue weighted by atomic mass is 9.79. The van der Waals surface area contributed by atoms with Gasteiger partial charge in [-0.05, 0) is 49.6 Å². The van der Waals surface area contributed by atoms with Crippen LogP contribution in [0.25, 0.3) is 0 Å². The van der Waals surface area contributed by atoms with Gasteiger partial charge in [0.15, 0.2) is 0 Å². The summed E-state index contributed by atoms with van der Waals surface area (Å²) in [5.74, 6) is 0. The molecule has 2 unspecified atom stereocenters. The van der Waals surface area contributed by atoms with E-state index in [1.165, 1.54) is 0 Å².